The summed E-state index contributed by atoms with van der Waals surface area (Å²) in [6.07, 6.45) is 0.301. The topological polar surface area (TPSA) is 103 Å². The minimum Gasteiger partial charge on any atom is -0.485 e. The SMILES string of the molecule is Cc1nc(COc2ccc(NC(=O)CCN)cc2)no1.Cl. The van der Waals surface area contributed by atoms with Gasteiger partial charge in [0.2, 0.25) is 17.6 Å². The molecule has 114 valence electrons. The smallest absolute Gasteiger partial charge is 0.225 e. The molecule has 0 aliphatic heterocycles. The van der Waals surface area contributed by atoms with E-state index in [1.165, 1.54) is 0 Å². The minimum absolute atomic E-state index is 0. The number of halogens is 1. The van der Waals surface area contributed by atoms with Crippen molar-refractivity contribution in [3.05, 3.63) is 36.0 Å². The van der Waals surface area contributed by atoms with E-state index < -0.39 is 0 Å². The summed E-state index contributed by atoms with van der Waals surface area (Å²) in [6.45, 7) is 2.28. The van der Waals surface area contributed by atoms with Gasteiger partial charge in [0.1, 0.15) is 5.75 Å². The number of hydrogen-bond acceptors (Lipinski definition) is 6. The van der Waals surface area contributed by atoms with Crippen LogP contribution in [0.25, 0.3) is 0 Å². The first-order chi connectivity index (χ1) is 9.67. The largest absolute Gasteiger partial charge is 0.485 e. The third-order valence-electron chi connectivity index (χ3n) is 2.45. The quantitative estimate of drug-likeness (QED) is 0.841. The molecule has 3 N–H and O–H groups in total. The minimum atomic E-state index is -0.108. The third kappa shape index (κ3) is 5.41. The highest BCUT2D eigenvalue weighted by Gasteiger charge is 2.04. The second kappa shape index (κ2) is 8.23. The summed E-state index contributed by atoms with van der Waals surface area (Å²) in [5.74, 6) is 1.54. The Bertz CT molecular complexity index is 571. The van der Waals surface area contributed by atoms with Crippen LogP contribution in [0.15, 0.2) is 28.8 Å². The van der Waals surface area contributed by atoms with Gasteiger partial charge in [0.15, 0.2) is 6.61 Å². The molecule has 0 aliphatic carbocycles. The lowest BCUT2D eigenvalue weighted by Gasteiger charge is -2.06. The number of anilines is 1. The monoisotopic (exact) mass is 312 g/mol. The standard InChI is InChI=1S/C13H16N4O3.ClH/c1-9-15-12(17-20-9)8-19-11-4-2-10(3-5-11)16-13(18)6-7-14;/h2-5H,6-8,14H2,1H3,(H,16,18);1H. The number of amides is 1. The molecule has 0 spiro atoms. The number of benzene rings is 1. The van der Waals surface area contributed by atoms with Crippen molar-refractivity contribution in [2.75, 3.05) is 11.9 Å². The summed E-state index contributed by atoms with van der Waals surface area (Å²) in [4.78, 5) is 15.4. The van der Waals surface area contributed by atoms with E-state index in [2.05, 4.69) is 15.5 Å². The van der Waals surface area contributed by atoms with Gasteiger partial charge in [0, 0.05) is 25.6 Å². The van der Waals surface area contributed by atoms with Crippen molar-refractivity contribution in [2.45, 2.75) is 20.0 Å². The molecule has 7 nitrogen and oxygen atoms in total. The van der Waals surface area contributed by atoms with Gasteiger partial charge in [-0.05, 0) is 24.3 Å². The van der Waals surface area contributed by atoms with Crippen molar-refractivity contribution in [1.82, 2.24) is 10.1 Å². The second-order valence-corrected chi connectivity index (χ2v) is 4.13. The highest BCUT2D eigenvalue weighted by atomic mass is 35.5. The average molecular weight is 313 g/mol. The van der Waals surface area contributed by atoms with Gasteiger partial charge in [-0.3, -0.25) is 4.79 Å². The number of hydrogen-bond donors (Lipinski definition) is 2. The van der Waals surface area contributed by atoms with Crippen molar-refractivity contribution in [2.24, 2.45) is 5.73 Å². The Hall–Kier alpha value is -2.12. The number of nitrogens with zero attached hydrogens (tertiary/aromatic N) is 2. The molecule has 0 fully saturated rings. The Morgan fingerprint density at radius 3 is 2.67 bits per heavy atom. The van der Waals surface area contributed by atoms with E-state index in [0.717, 1.165) is 0 Å². The van der Waals surface area contributed by atoms with E-state index in [1.807, 2.05) is 0 Å². The lowest BCUT2D eigenvalue weighted by molar-refractivity contribution is -0.116. The number of nitrogens with two attached hydrogens (primary N) is 1. The van der Waals surface area contributed by atoms with Crippen LogP contribution in [-0.2, 0) is 11.4 Å². The molecule has 2 aromatic rings. The van der Waals surface area contributed by atoms with Crippen LogP contribution < -0.4 is 15.8 Å². The number of carbonyl (C=O) groups is 1. The molecule has 0 atom stereocenters. The summed E-state index contributed by atoms with van der Waals surface area (Å²) in [5, 5.41) is 6.46. The maximum absolute atomic E-state index is 11.4. The summed E-state index contributed by atoms with van der Waals surface area (Å²) in [7, 11) is 0. The van der Waals surface area contributed by atoms with E-state index in [1.54, 1.807) is 31.2 Å². The number of aromatic nitrogens is 2. The fourth-order valence-electron chi connectivity index (χ4n) is 1.54. The van der Waals surface area contributed by atoms with E-state index >= 15 is 0 Å². The van der Waals surface area contributed by atoms with Crippen LogP contribution in [0, 0.1) is 6.92 Å². The van der Waals surface area contributed by atoms with E-state index in [4.69, 9.17) is 15.0 Å². The highest BCUT2D eigenvalue weighted by Crippen LogP contribution is 2.16. The van der Waals surface area contributed by atoms with Crippen molar-refractivity contribution in [3.8, 4) is 5.75 Å². The summed E-state index contributed by atoms with van der Waals surface area (Å²) < 4.78 is 10.3. The Kier molecular flexibility index (Phi) is 6.64. The first kappa shape index (κ1) is 16.9. The molecule has 0 aliphatic rings. The predicted molar refractivity (Wildman–Crippen MR) is 79.4 cm³/mol. The second-order valence-electron chi connectivity index (χ2n) is 4.13. The molecule has 1 amide bonds. The normalized spacial score (nSPS) is 9.81. The van der Waals surface area contributed by atoms with Gasteiger partial charge < -0.3 is 20.3 Å². The zero-order chi connectivity index (χ0) is 14.4. The summed E-state index contributed by atoms with van der Waals surface area (Å²) in [5.41, 5.74) is 6.00. The van der Waals surface area contributed by atoms with Gasteiger partial charge in [-0.15, -0.1) is 12.4 Å². The van der Waals surface area contributed by atoms with Gasteiger partial charge in [0.25, 0.3) is 0 Å². The van der Waals surface area contributed by atoms with Gasteiger partial charge in [0.05, 0.1) is 0 Å². The molecule has 1 aromatic carbocycles. The van der Waals surface area contributed by atoms with Crippen LogP contribution in [0.5, 0.6) is 5.75 Å². The average Bonchev–Trinajstić information content (AvgIpc) is 2.84. The fourth-order valence-corrected chi connectivity index (χ4v) is 1.54. The van der Waals surface area contributed by atoms with Crippen LogP contribution in [0.4, 0.5) is 5.69 Å². The molecular formula is C13H17ClN4O3. The van der Waals surface area contributed by atoms with Crippen molar-refractivity contribution in [3.63, 3.8) is 0 Å². The molecule has 8 heteroatoms. The first-order valence-electron chi connectivity index (χ1n) is 6.19. The van der Waals surface area contributed by atoms with E-state index in [-0.39, 0.29) is 24.9 Å². The number of rotatable bonds is 6. The highest BCUT2D eigenvalue weighted by molar-refractivity contribution is 5.90. The van der Waals surface area contributed by atoms with Crippen LogP contribution >= 0.6 is 12.4 Å². The molecule has 0 saturated carbocycles. The lowest BCUT2D eigenvalue weighted by Crippen LogP contribution is -2.16. The zero-order valence-electron chi connectivity index (χ0n) is 11.5. The summed E-state index contributed by atoms with van der Waals surface area (Å²) >= 11 is 0. The molecule has 0 bridgehead atoms. The third-order valence-corrected chi connectivity index (χ3v) is 2.45. The first-order valence-corrected chi connectivity index (χ1v) is 6.19. The number of ether oxygens (including phenoxy) is 1. The van der Waals surface area contributed by atoms with E-state index in [9.17, 15) is 4.79 Å². The van der Waals surface area contributed by atoms with Crippen LogP contribution in [0.1, 0.15) is 18.1 Å². The Morgan fingerprint density at radius 1 is 1.38 bits per heavy atom. The van der Waals surface area contributed by atoms with Crippen molar-refractivity contribution >= 4 is 24.0 Å². The fraction of sp³-hybridized carbons (Fsp3) is 0.308. The van der Waals surface area contributed by atoms with Gasteiger partial charge in [-0.25, -0.2) is 0 Å². The maximum atomic E-state index is 11.4. The molecule has 0 radical (unpaired) electrons. The molecule has 0 unspecified atom stereocenters. The Morgan fingerprint density at radius 2 is 2.10 bits per heavy atom. The number of carbonyl (C=O) groups excluding carboxylic acids is 1. The number of aryl methyl sites for hydroxylation is 1. The number of nitrogens with one attached hydrogen (secondary N) is 1. The molecule has 2 rings (SSSR count). The molecular weight excluding hydrogens is 296 g/mol. The molecule has 21 heavy (non-hydrogen) atoms. The molecule has 1 aromatic heterocycles. The maximum Gasteiger partial charge on any atom is 0.225 e. The van der Waals surface area contributed by atoms with Gasteiger partial charge in [-0.2, -0.15) is 4.98 Å². The van der Waals surface area contributed by atoms with Crippen LogP contribution in [0.3, 0.4) is 0 Å². The Labute approximate surface area is 128 Å². The zero-order valence-corrected chi connectivity index (χ0v) is 12.4. The predicted octanol–water partition coefficient (Wildman–Crippen LogP) is 1.67. The van der Waals surface area contributed by atoms with Crippen LogP contribution in [0.2, 0.25) is 0 Å². The Balaban J connectivity index is 0.00000220. The molecule has 0 saturated heterocycles. The van der Waals surface area contributed by atoms with Crippen molar-refractivity contribution < 1.29 is 14.1 Å². The van der Waals surface area contributed by atoms with Gasteiger partial charge in [-0.1, -0.05) is 5.16 Å². The van der Waals surface area contributed by atoms with Crippen LogP contribution in [-0.4, -0.2) is 22.6 Å². The van der Waals surface area contributed by atoms with Crippen molar-refractivity contribution in [1.29, 1.82) is 0 Å². The van der Waals surface area contributed by atoms with Gasteiger partial charge >= 0.3 is 0 Å². The molecule has 1 heterocycles. The lowest BCUT2D eigenvalue weighted by atomic mass is 10.3. The van der Waals surface area contributed by atoms with E-state index in [0.29, 0.717) is 36.1 Å². The summed E-state index contributed by atoms with van der Waals surface area (Å²) in [6, 6.07) is 7.02.